The van der Waals surface area contributed by atoms with Gasteiger partial charge in [-0.2, -0.15) is 0 Å². The lowest BCUT2D eigenvalue weighted by atomic mass is 9.80. The number of likely N-dealkylation sites (tertiary alicyclic amines) is 1. The third-order valence-corrected chi connectivity index (χ3v) is 12.1. The second-order valence-electron chi connectivity index (χ2n) is 10.6. The molecule has 6 heteroatoms. The van der Waals surface area contributed by atoms with E-state index in [1.165, 1.54) is 11.1 Å². The molecule has 168 valence electrons. The number of piperidine rings is 1. The molecule has 0 radical (unpaired) electrons. The van der Waals surface area contributed by atoms with Gasteiger partial charge in [-0.25, -0.2) is 0 Å². The molecule has 1 aromatic rings. The number of nitrogens with zero attached hydrogens (tertiary/aromatic N) is 1. The van der Waals surface area contributed by atoms with Crippen molar-refractivity contribution in [1.29, 1.82) is 0 Å². The highest BCUT2D eigenvalue weighted by atomic mass is 28.4. The highest BCUT2D eigenvalue weighted by Gasteiger charge is 2.45. The van der Waals surface area contributed by atoms with Crippen molar-refractivity contribution in [3.63, 3.8) is 0 Å². The first-order chi connectivity index (χ1) is 14.0. The Morgan fingerprint density at radius 3 is 2.20 bits per heavy atom. The van der Waals surface area contributed by atoms with Gasteiger partial charge in [0.1, 0.15) is 6.23 Å². The lowest BCUT2D eigenvalue weighted by Gasteiger charge is -2.47. The summed E-state index contributed by atoms with van der Waals surface area (Å²) in [6, 6.07) is 8.75. The molecule has 0 spiro atoms. The Labute approximate surface area is 183 Å². The highest BCUT2D eigenvalue weighted by molar-refractivity contribution is 6.74. The third kappa shape index (κ3) is 4.98. The Balaban J connectivity index is 1.85. The Hall–Kier alpha value is -1.21. The average Bonchev–Trinajstić information content (AvgIpc) is 2.68. The van der Waals surface area contributed by atoms with Crippen LogP contribution in [0.4, 0.5) is 0 Å². The maximum Gasteiger partial charge on any atom is 0.220 e. The summed E-state index contributed by atoms with van der Waals surface area (Å²) in [4.78, 5) is 14.0. The topological polar surface area (TPSA) is 64.8 Å². The highest BCUT2D eigenvalue weighted by Crippen LogP contribution is 2.41. The SMILES string of the molecule is COC(C1Cc2ccccc2CC1O[Si](C)(C)C(C)(C)C)N1CCC(C(N)=O)CC1. The minimum atomic E-state index is -1.92. The van der Waals surface area contributed by atoms with E-state index in [0.29, 0.717) is 0 Å². The second-order valence-corrected chi connectivity index (χ2v) is 15.4. The lowest BCUT2D eigenvalue weighted by molar-refractivity contribution is -0.130. The van der Waals surface area contributed by atoms with E-state index in [2.05, 4.69) is 63.0 Å². The minimum Gasteiger partial charge on any atom is -0.413 e. The quantitative estimate of drug-likeness (QED) is 0.691. The molecule has 1 aromatic carbocycles. The number of primary amides is 1. The van der Waals surface area contributed by atoms with Crippen molar-refractivity contribution < 1.29 is 14.0 Å². The molecule has 2 aliphatic rings. The summed E-state index contributed by atoms with van der Waals surface area (Å²) in [7, 11) is -0.110. The van der Waals surface area contributed by atoms with Crippen LogP contribution in [0.2, 0.25) is 18.1 Å². The molecule has 0 aromatic heterocycles. The van der Waals surface area contributed by atoms with Gasteiger partial charge in [-0.05, 0) is 54.9 Å². The van der Waals surface area contributed by atoms with Gasteiger partial charge in [0.25, 0.3) is 0 Å². The van der Waals surface area contributed by atoms with Crippen molar-refractivity contribution in [2.45, 2.75) is 76.9 Å². The smallest absolute Gasteiger partial charge is 0.220 e. The number of fused-ring (bicyclic) bond motifs is 1. The van der Waals surface area contributed by atoms with Crippen LogP contribution in [0, 0.1) is 11.8 Å². The van der Waals surface area contributed by atoms with Crippen LogP contribution in [-0.2, 0) is 26.8 Å². The first-order valence-corrected chi connectivity index (χ1v) is 14.2. The van der Waals surface area contributed by atoms with Gasteiger partial charge in [-0.3, -0.25) is 9.69 Å². The van der Waals surface area contributed by atoms with Crippen LogP contribution in [0.15, 0.2) is 24.3 Å². The molecule has 1 aliphatic carbocycles. The summed E-state index contributed by atoms with van der Waals surface area (Å²) in [5.41, 5.74) is 8.36. The molecule has 2 N–H and O–H groups in total. The van der Waals surface area contributed by atoms with Crippen molar-refractivity contribution >= 4 is 14.2 Å². The number of benzene rings is 1. The van der Waals surface area contributed by atoms with E-state index in [1.807, 2.05) is 7.11 Å². The zero-order chi connectivity index (χ0) is 22.1. The van der Waals surface area contributed by atoms with Crippen LogP contribution in [0.3, 0.4) is 0 Å². The molecule has 1 aliphatic heterocycles. The summed E-state index contributed by atoms with van der Waals surface area (Å²) >= 11 is 0. The number of rotatable bonds is 6. The van der Waals surface area contributed by atoms with Gasteiger partial charge < -0.3 is 14.9 Å². The average molecular weight is 433 g/mol. The maximum atomic E-state index is 11.6. The Bertz CT molecular complexity index is 738. The first kappa shape index (κ1) is 23.5. The van der Waals surface area contributed by atoms with Crippen LogP contribution >= 0.6 is 0 Å². The van der Waals surface area contributed by atoms with Crippen molar-refractivity contribution in [1.82, 2.24) is 4.90 Å². The summed E-state index contributed by atoms with van der Waals surface area (Å²) in [6.45, 7) is 13.3. The molecule has 3 unspecified atom stereocenters. The molecule has 1 amide bonds. The molecule has 5 nitrogen and oxygen atoms in total. The number of methoxy groups -OCH3 is 1. The molecule has 3 atom stereocenters. The molecule has 0 bridgehead atoms. The molecule has 0 saturated carbocycles. The normalized spacial score (nSPS) is 25.0. The molecule has 1 fully saturated rings. The molecule has 3 rings (SSSR count). The van der Waals surface area contributed by atoms with Gasteiger partial charge in [0.15, 0.2) is 8.32 Å². The van der Waals surface area contributed by atoms with E-state index in [9.17, 15) is 4.79 Å². The van der Waals surface area contributed by atoms with Crippen LogP contribution in [-0.4, -0.2) is 51.7 Å². The van der Waals surface area contributed by atoms with Gasteiger partial charge in [-0.1, -0.05) is 45.0 Å². The fourth-order valence-electron chi connectivity index (χ4n) is 4.71. The number of nitrogens with two attached hydrogens (primary N) is 1. The summed E-state index contributed by atoms with van der Waals surface area (Å²) in [6.07, 6.45) is 3.65. The fourth-order valence-corrected chi connectivity index (χ4v) is 6.08. The van der Waals surface area contributed by atoms with Gasteiger partial charge >= 0.3 is 0 Å². The number of carbonyl (C=O) groups excluding carboxylic acids is 1. The van der Waals surface area contributed by atoms with Crippen molar-refractivity contribution in [3.8, 4) is 0 Å². The number of hydrogen-bond donors (Lipinski definition) is 1. The standard InChI is InChI=1S/C24H40N2O3Si/c1-24(2,3)30(5,6)29-21-16-19-10-8-7-9-18(19)15-20(21)23(28-4)26-13-11-17(12-14-26)22(25)27/h7-10,17,20-21,23H,11-16H2,1-6H3,(H2,25,27). The first-order valence-electron chi connectivity index (χ1n) is 11.3. The summed E-state index contributed by atoms with van der Waals surface area (Å²) in [5, 5.41) is 0.164. The van der Waals surface area contributed by atoms with Crippen LogP contribution < -0.4 is 5.73 Å². The largest absolute Gasteiger partial charge is 0.413 e. The summed E-state index contributed by atoms with van der Waals surface area (Å²) in [5.74, 6) is 0.0867. The zero-order valence-electron chi connectivity index (χ0n) is 19.6. The van der Waals surface area contributed by atoms with E-state index < -0.39 is 8.32 Å². The van der Waals surface area contributed by atoms with E-state index in [1.54, 1.807) is 0 Å². The van der Waals surface area contributed by atoms with E-state index in [0.717, 1.165) is 38.8 Å². The van der Waals surface area contributed by atoms with Gasteiger partial charge in [0.2, 0.25) is 5.91 Å². The van der Waals surface area contributed by atoms with Crippen LogP contribution in [0.5, 0.6) is 0 Å². The van der Waals surface area contributed by atoms with Crippen molar-refractivity contribution in [2.24, 2.45) is 17.6 Å². The Morgan fingerprint density at radius 2 is 1.70 bits per heavy atom. The third-order valence-electron chi connectivity index (χ3n) is 7.62. The number of hydrogen-bond acceptors (Lipinski definition) is 4. The van der Waals surface area contributed by atoms with Gasteiger partial charge in [0, 0.05) is 32.0 Å². The number of amides is 1. The number of carbonyl (C=O) groups is 1. The molecule has 1 saturated heterocycles. The predicted molar refractivity (Wildman–Crippen MR) is 124 cm³/mol. The molecule has 30 heavy (non-hydrogen) atoms. The second kappa shape index (κ2) is 9.11. The molecular formula is C24H40N2O3Si. The molecular weight excluding hydrogens is 392 g/mol. The van der Waals surface area contributed by atoms with Crippen molar-refractivity contribution in [2.75, 3.05) is 20.2 Å². The van der Waals surface area contributed by atoms with Gasteiger partial charge in [-0.15, -0.1) is 0 Å². The lowest BCUT2D eigenvalue weighted by Crippen LogP contribution is -2.55. The Kier molecular flexibility index (Phi) is 7.12. The monoisotopic (exact) mass is 432 g/mol. The van der Waals surface area contributed by atoms with E-state index in [-0.39, 0.29) is 35.1 Å². The maximum absolute atomic E-state index is 11.6. The van der Waals surface area contributed by atoms with Crippen LogP contribution in [0.1, 0.15) is 44.7 Å². The van der Waals surface area contributed by atoms with Crippen LogP contribution in [0.25, 0.3) is 0 Å². The van der Waals surface area contributed by atoms with Crippen molar-refractivity contribution in [3.05, 3.63) is 35.4 Å². The predicted octanol–water partition coefficient (Wildman–Crippen LogP) is 3.96. The summed E-state index contributed by atoms with van der Waals surface area (Å²) < 4.78 is 13.1. The van der Waals surface area contributed by atoms with E-state index in [4.69, 9.17) is 14.9 Å². The fraction of sp³-hybridized carbons (Fsp3) is 0.708. The van der Waals surface area contributed by atoms with Gasteiger partial charge in [0.05, 0.1) is 6.10 Å². The molecule has 1 heterocycles. The minimum absolute atomic E-state index is 0.00915. The number of ether oxygens (including phenoxy) is 1. The zero-order valence-corrected chi connectivity index (χ0v) is 20.6. The Morgan fingerprint density at radius 1 is 1.13 bits per heavy atom. The van der Waals surface area contributed by atoms with E-state index >= 15 is 0 Å².